The van der Waals surface area contributed by atoms with Crippen LogP contribution >= 0.6 is 0 Å². The van der Waals surface area contributed by atoms with Crippen molar-refractivity contribution in [2.75, 3.05) is 24.6 Å². The van der Waals surface area contributed by atoms with E-state index in [1.54, 1.807) is 17.7 Å². The molecule has 0 saturated heterocycles. The number of carbonyl (C=O) groups excluding carboxylic acids is 1. The molecule has 1 rings (SSSR count). The molecular formula is C10H18N4O3S. The van der Waals surface area contributed by atoms with Crippen LogP contribution in [0.1, 0.15) is 17.4 Å². The van der Waals surface area contributed by atoms with Gasteiger partial charge in [-0.1, -0.05) is 6.92 Å². The van der Waals surface area contributed by atoms with Gasteiger partial charge in [-0.15, -0.1) is 0 Å². The summed E-state index contributed by atoms with van der Waals surface area (Å²) in [6.07, 6.45) is 3.10. The Balaban J connectivity index is 2.45. The lowest BCUT2D eigenvalue weighted by Gasteiger charge is -2.03. The minimum Gasteiger partial charge on any atom is -0.350 e. The third-order valence-corrected chi connectivity index (χ3v) is 4.10. The first-order valence-electron chi connectivity index (χ1n) is 5.69. The highest BCUT2D eigenvalue weighted by Crippen LogP contribution is 1.96. The van der Waals surface area contributed by atoms with Crippen molar-refractivity contribution in [3.05, 3.63) is 18.2 Å². The number of aromatic nitrogens is 2. The number of carbonyl (C=O) groups is 1. The van der Waals surface area contributed by atoms with E-state index in [1.807, 2.05) is 0 Å². The third kappa shape index (κ3) is 4.46. The highest BCUT2D eigenvalue weighted by Gasteiger charge is 2.11. The van der Waals surface area contributed by atoms with Crippen LogP contribution in [-0.4, -0.2) is 48.5 Å². The Kier molecular flexibility index (Phi) is 5.29. The molecule has 0 bridgehead atoms. The molecule has 0 aromatic carbocycles. The average Bonchev–Trinajstić information content (AvgIpc) is 2.78. The first-order chi connectivity index (χ1) is 8.48. The summed E-state index contributed by atoms with van der Waals surface area (Å²) in [7, 11) is -3.06. The van der Waals surface area contributed by atoms with Crippen LogP contribution in [0.2, 0.25) is 0 Å². The van der Waals surface area contributed by atoms with Crippen molar-refractivity contribution in [2.24, 2.45) is 5.73 Å². The number of imidazole rings is 1. The summed E-state index contributed by atoms with van der Waals surface area (Å²) in [5, 5.41) is 2.52. The van der Waals surface area contributed by atoms with Gasteiger partial charge in [-0.05, 0) is 0 Å². The summed E-state index contributed by atoms with van der Waals surface area (Å²) in [4.78, 5) is 15.5. The zero-order chi connectivity index (χ0) is 13.6. The molecule has 0 saturated carbocycles. The number of hydrogen-bond acceptors (Lipinski definition) is 5. The van der Waals surface area contributed by atoms with Crippen LogP contribution in [0.5, 0.6) is 0 Å². The molecular weight excluding hydrogens is 256 g/mol. The second kappa shape index (κ2) is 6.50. The smallest absolute Gasteiger partial charge is 0.271 e. The van der Waals surface area contributed by atoms with E-state index in [4.69, 9.17) is 5.73 Å². The third-order valence-electron chi connectivity index (χ3n) is 2.39. The summed E-state index contributed by atoms with van der Waals surface area (Å²) in [5.41, 5.74) is 5.63. The first kappa shape index (κ1) is 14.7. The standard InChI is InChI=1S/C10H18N4O3S/c1-2-18(16,17)6-4-12-10(15)9-7-14(5-3-11)8-13-9/h7-8H,2-6,11H2,1H3,(H,12,15). The minimum atomic E-state index is -3.06. The van der Waals surface area contributed by atoms with Gasteiger partial charge in [-0.2, -0.15) is 0 Å². The number of nitrogens with one attached hydrogen (secondary N) is 1. The maximum atomic E-state index is 11.6. The van der Waals surface area contributed by atoms with Gasteiger partial charge in [0.05, 0.1) is 12.1 Å². The van der Waals surface area contributed by atoms with Crippen molar-refractivity contribution in [1.82, 2.24) is 14.9 Å². The molecule has 0 spiro atoms. The van der Waals surface area contributed by atoms with Gasteiger partial charge in [0.15, 0.2) is 9.84 Å². The van der Waals surface area contributed by atoms with E-state index in [1.165, 1.54) is 6.33 Å². The van der Waals surface area contributed by atoms with E-state index in [2.05, 4.69) is 10.3 Å². The Bertz CT molecular complexity index is 495. The Morgan fingerprint density at radius 3 is 2.89 bits per heavy atom. The number of amides is 1. The molecule has 1 amide bonds. The molecule has 1 heterocycles. The summed E-state index contributed by atoms with van der Waals surface area (Å²) in [6, 6.07) is 0. The number of nitrogens with two attached hydrogens (primary N) is 1. The van der Waals surface area contributed by atoms with Gasteiger partial charge >= 0.3 is 0 Å². The number of rotatable bonds is 7. The van der Waals surface area contributed by atoms with Gasteiger partial charge in [0.25, 0.3) is 5.91 Å². The lowest BCUT2D eigenvalue weighted by Crippen LogP contribution is -2.29. The minimum absolute atomic E-state index is 0.0568. The number of sulfone groups is 1. The molecule has 1 aromatic rings. The first-order valence-corrected chi connectivity index (χ1v) is 7.51. The predicted molar refractivity (Wildman–Crippen MR) is 67.9 cm³/mol. The van der Waals surface area contributed by atoms with Crippen LogP contribution in [0.4, 0.5) is 0 Å². The highest BCUT2D eigenvalue weighted by molar-refractivity contribution is 7.91. The highest BCUT2D eigenvalue weighted by atomic mass is 32.2. The molecule has 7 nitrogen and oxygen atoms in total. The van der Waals surface area contributed by atoms with Crippen molar-refractivity contribution in [2.45, 2.75) is 13.5 Å². The van der Waals surface area contributed by atoms with Crippen LogP contribution in [0.3, 0.4) is 0 Å². The van der Waals surface area contributed by atoms with E-state index in [0.29, 0.717) is 13.1 Å². The molecule has 18 heavy (non-hydrogen) atoms. The number of nitrogens with zero attached hydrogens (tertiary/aromatic N) is 2. The SMILES string of the molecule is CCS(=O)(=O)CCNC(=O)c1cn(CCN)cn1. The largest absolute Gasteiger partial charge is 0.350 e. The molecule has 0 fully saturated rings. The van der Waals surface area contributed by atoms with Crippen LogP contribution < -0.4 is 11.1 Å². The van der Waals surface area contributed by atoms with Crippen molar-refractivity contribution < 1.29 is 13.2 Å². The molecule has 0 radical (unpaired) electrons. The normalized spacial score (nSPS) is 11.4. The Morgan fingerprint density at radius 1 is 1.56 bits per heavy atom. The average molecular weight is 274 g/mol. The lowest BCUT2D eigenvalue weighted by molar-refractivity contribution is 0.0951. The fraction of sp³-hybridized carbons (Fsp3) is 0.600. The molecule has 0 atom stereocenters. The Labute approximate surface area is 106 Å². The van der Waals surface area contributed by atoms with Crippen molar-refractivity contribution in [3.8, 4) is 0 Å². The second-order valence-electron chi connectivity index (χ2n) is 3.78. The van der Waals surface area contributed by atoms with Crippen LogP contribution in [0.25, 0.3) is 0 Å². The monoisotopic (exact) mass is 274 g/mol. The molecule has 0 aliphatic carbocycles. The van der Waals surface area contributed by atoms with Crippen LogP contribution in [0.15, 0.2) is 12.5 Å². The Hall–Kier alpha value is -1.41. The summed E-state index contributed by atoms with van der Waals surface area (Å²) >= 11 is 0. The lowest BCUT2D eigenvalue weighted by atomic mass is 10.4. The molecule has 3 N–H and O–H groups in total. The molecule has 0 unspecified atom stereocenters. The van der Waals surface area contributed by atoms with Crippen molar-refractivity contribution in [1.29, 1.82) is 0 Å². The maximum Gasteiger partial charge on any atom is 0.271 e. The summed E-state index contributed by atoms with van der Waals surface area (Å²) < 4.78 is 24.1. The van der Waals surface area contributed by atoms with Crippen molar-refractivity contribution in [3.63, 3.8) is 0 Å². The molecule has 102 valence electrons. The predicted octanol–water partition coefficient (Wildman–Crippen LogP) is -0.994. The van der Waals surface area contributed by atoms with Gasteiger partial charge in [0, 0.05) is 31.6 Å². The van der Waals surface area contributed by atoms with Gasteiger partial charge in [-0.25, -0.2) is 13.4 Å². The maximum absolute atomic E-state index is 11.6. The van der Waals surface area contributed by atoms with Gasteiger partial charge in [0.1, 0.15) is 5.69 Å². The number of hydrogen-bond donors (Lipinski definition) is 2. The molecule has 0 aliphatic rings. The van der Waals surface area contributed by atoms with Crippen LogP contribution in [-0.2, 0) is 16.4 Å². The zero-order valence-corrected chi connectivity index (χ0v) is 11.1. The van der Waals surface area contributed by atoms with E-state index in [-0.39, 0.29) is 29.7 Å². The van der Waals surface area contributed by atoms with Gasteiger partial charge in [0.2, 0.25) is 0 Å². The Morgan fingerprint density at radius 2 is 2.28 bits per heavy atom. The summed E-state index contributed by atoms with van der Waals surface area (Å²) in [6.45, 7) is 2.72. The van der Waals surface area contributed by atoms with Gasteiger partial charge in [-0.3, -0.25) is 4.79 Å². The fourth-order valence-corrected chi connectivity index (χ4v) is 2.01. The quantitative estimate of drug-likeness (QED) is 0.663. The van der Waals surface area contributed by atoms with Gasteiger partial charge < -0.3 is 15.6 Å². The summed E-state index contributed by atoms with van der Waals surface area (Å²) in [5.74, 6) is -0.357. The van der Waals surface area contributed by atoms with Crippen LogP contribution in [0, 0.1) is 0 Å². The zero-order valence-electron chi connectivity index (χ0n) is 10.3. The molecule has 0 aliphatic heterocycles. The molecule has 8 heteroatoms. The van der Waals surface area contributed by atoms with Crippen molar-refractivity contribution >= 4 is 15.7 Å². The fourth-order valence-electron chi connectivity index (χ4n) is 1.30. The van der Waals surface area contributed by atoms with E-state index in [9.17, 15) is 13.2 Å². The van der Waals surface area contributed by atoms with E-state index in [0.717, 1.165) is 0 Å². The van der Waals surface area contributed by atoms with E-state index >= 15 is 0 Å². The van der Waals surface area contributed by atoms with E-state index < -0.39 is 9.84 Å². The topological polar surface area (TPSA) is 107 Å². The second-order valence-corrected chi connectivity index (χ2v) is 6.25. The molecule has 1 aromatic heterocycles.